The Morgan fingerprint density at radius 1 is 1.38 bits per heavy atom. The summed E-state index contributed by atoms with van der Waals surface area (Å²) in [6.45, 7) is 2.64. The molecule has 1 aromatic heterocycles. The Balaban J connectivity index is 2.27. The average molecular weight is 299 g/mol. The van der Waals surface area contributed by atoms with E-state index in [0.717, 1.165) is 20.1 Å². The first kappa shape index (κ1) is 11.4. The molecule has 2 aromatic rings. The van der Waals surface area contributed by atoms with Crippen molar-refractivity contribution in [2.24, 2.45) is 0 Å². The van der Waals surface area contributed by atoms with Crippen molar-refractivity contribution < 1.29 is 4.74 Å². The third kappa shape index (κ3) is 2.36. The molecule has 1 aromatic carbocycles. The Labute approximate surface area is 106 Å². The Hall–Kier alpha value is -1.07. The van der Waals surface area contributed by atoms with E-state index in [1.807, 2.05) is 31.2 Å². The SMILES string of the molecule is CCOc1ccc(-c2nc(N)c(Br)s2)cc1. The lowest BCUT2D eigenvalue weighted by atomic mass is 10.2. The molecule has 0 aliphatic heterocycles. The van der Waals surface area contributed by atoms with Crippen molar-refractivity contribution in [2.45, 2.75) is 6.92 Å². The summed E-state index contributed by atoms with van der Waals surface area (Å²) in [7, 11) is 0. The van der Waals surface area contributed by atoms with Crippen LogP contribution in [0.4, 0.5) is 5.82 Å². The van der Waals surface area contributed by atoms with E-state index in [1.165, 1.54) is 11.3 Å². The fraction of sp³-hybridized carbons (Fsp3) is 0.182. The fourth-order valence-corrected chi connectivity index (χ4v) is 2.56. The molecule has 0 spiro atoms. The molecule has 0 atom stereocenters. The van der Waals surface area contributed by atoms with Gasteiger partial charge < -0.3 is 10.5 Å². The third-order valence-electron chi connectivity index (χ3n) is 2.02. The lowest BCUT2D eigenvalue weighted by Gasteiger charge is -2.02. The highest BCUT2D eigenvalue weighted by Crippen LogP contribution is 2.33. The van der Waals surface area contributed by atoms with E-state index in [-0.39, 0.29) is 0 Å². The smallest absolute Gasteiger partial charge is 0.149 e. The topological polar surface area (TPSA) is 48.1 Å². The average Bonchev–Trinajstić information content (AvgIpc) is 2.61. The molecule has 84 valence electrons. The molecule has 0 saturated carbocycles. The molecule has 0 saturated heterocycles. The molecule has 2 rings (SSSR count). The Morgan fingerprint density at radius 3 is 2.56 bits per heavy atom. The van der Waals surface area contributed by atoms with Crippen LogP contribution in [0.25, 0.3) is 10.6 Å². The van der Waals surface area contributed by atoms with Crippen LogP contribution in [0.3, 0.4) is 0 Å². The summed E-state index contributed by atoms with van der Waals surface area (Å²) in [5.74, 6) is 1.41. The zero-order valence-corrected chi connectivity index (χ0v) is 11.1. The van der Waals surface area contributed by atoms with Gasteiger partial charge in [-0.3, -0.25) is 0 Å². The van der Waals surface area contributed by atoms with Crippen LogP contribution in [-0.4, -0.2) is 11.6 Å². The van der Waals surface area contributed by atoms with Crippen molar-refractivity contribution in [3.05, 3.63) is 28.1 Å². The second-order valence-corrected chi connectivity index (χ2v) is 5.45. The highest BCUT2D eigenvalue weighted by atomic mass is 79.9. The molecule has 5 heteroatoms. The largest absolute Gasteiger partial charge is 0.494 e. The maximum atomic E-state index is 5.68. The zero-order valence-electron chi connectivity index (χ0n) is 8.74. The molecule has 0 unspecified atom stereocenters. The van der Waals surface area contributed by atoms with Crippen molar-refractivity contribution in [1.29, 1.82) is 0 Å². The molecule has 16 heavy (non-hydrogen) atoms. The predicted molar refractivity (Wildman–Crippen MR) is 70.8 cm³/mol. The number of nitrogens with two attached hydrogens (primary N) is 1. The normalized spacial score (nSPS) is 10.4. The molecule has 1 heterocycles. The Morgan fingerprint density at radius 2 is 2.06 bits per heavy atom. The lowest BCUT2D eigenvalue weighted by Crippen LogP contribution is -1.90. The van der Waals surface area contributed by atoms with Gasteiger partial charge >= 0.3 is 0 Å². The number of ether oxygens (including phenoxy) is 1. The van der Waals surface area contributed by atoms with Crippen molar-refractivity contribution in [3.63, 3.8) is 0 Å². The first-order valence-electron chi connectivity index (χ1n) is 4.85. The summed E-state index contributed by atoms with van der Waals surface area (Å²) in [4.78, 5) is 4.26. The van der Waals surface area contributed by atoms with E-state index in [1.54, 1.807) is 0 Å². The van der Waals surface area contributed by atoms with Crippen LogP contribution in [-0.2, 0) is 0 Å². The van der Waals surface area contributed by atoms with Crippen molar-refractivity contribution in [1.82, 2.24) is 4.98 Å². The van der Waals surface area contributed by atoms with Crippen LogP contribution in [0.5, 0.6) is 5.75 Å². The summed E-state index contributed by atoms with van der Waals surface area (Å²) in [5, 5.41) is 0.910. The molecule has 2 N–H and O–H groups in total. The van der Waals surface area contributed by atoms with Gasteiger partial charge in [0.05, 0.1) is 6.61 Å². The van der Waals surface area contributed by atoms with Gasteiger partial charge in [0.15, 0.2) is 0 Å². The van der Waals surface area contributed by atoms with Gasteiger partial charge in [0.2, 0.25) is 0 Å². The number of hydrogen-bond acceptors (Lipinski definition) is 4. The van der Waals surface area contributed by atoms with E-state index in [9.17, 15) is 0 Å². The number of aromatic nitrogens is 1. The van der Waals surface area contributed by atoms with Crippen molar-refractivity contribution in [2.75, 3.05) is 12.3 Å². The first-order valence-corrected chi connectivity index (χ1v) is 6.46. The molecule has 0 aliphatic carbocycles. The zero-order chi connectivity index (χ0) is 11.5. The molecular formula is C11H11BrN2OS. The van der Waals surface area contributed by atoms with E-state index in [0.29, 0.717) is 12.4 Å². The minimum Gasteiger partial charge on any atom is -0.494 e. The van der Waals surface area contributed by atoms with Gasteiger partial charge in [-0.1, -0.05) is 0 Å². The van der Waals surface area contributed by atoms with Crippen LogP contribution in [0.2, 0.25) is 0 Å². The van der Waals surface area contributed by atoms with Crippen molar-refractivity contribution in [3.8, 4) is 16.3 Å². The number of halogens is 1. The number of thiazole rings is 1. The lowest BCUT2D eigenvalue weighted by molar-refractivity contribution is 0.340. The number of rotatable bonds is 3. The highest BCUT2D eigenvalue weighted by Gasteiger charge is 2.07. The maximum absolute atomic E-state index is 5.68. The quantitative estimate of drug-likeness (QED) is 0.942. The van der Waals surface area contributed by atoms with Crippen LogP contribution < -0.4 is 10.5 Å². The molecule has 0 radical (unpaired) electrons. The third-order valence-corrected chi connectivity index (χ3v) is 3.82. The van der Waals surface area contributed by atoms with Gasteiger partial charge in [-0.25, -0.2) is 4.98 Å². The number of benzene rings is 1. The Kier molecular flexibility index (Phi) is 3.46. The molecule has 0 fully saturated rings. The van der Waals surface area contributed by atoms with Crippen LogP contribution in [0.1, 0.15) is 6.92 Å². The van der Waals surface area contributed by atoms with E-state index < -0.39 is 0 Å². The summed E-state index contributed by atoms with van der Waals surface area (Å²) >= 11 is 4.89. The summed E-state index contributed by atoms with van der Waals surface area (Å²) in [6, 6.07) is 7.83. The fourth-order valence-electron chi connectivity index (χ4n) is 1.30. The predicted octanol–water partition coefficient (Wildman–Crippen LogP) is 3.55. The van der Waals surface area contributed by atoms with Gasteiger partial charge in [0.1, 0.15) is 20.4 Å². The van der Waals surface area contributed by atoms with E-state index >= 15 is 0 Å². The number of nitrogens with zero attached hydrogens (tertiary/aromatic N) is 1. The summed E-state index contributed by atoms with van der Waals surface area (Å²) in [6.07, 6.45) is 0. The number of anilines is 1. The second-order valence-electron chi connectivity index (χ2n) is 3.14. The second kappa shape index (κ2) is 4.84. The Bertz CT molecular complexity index is 462. The van der Waals surface area contributed by atoms with Gasteiger partial charge in [-0.2, -0.15) is 0 Å². The minimum absolute atomic E-state index is 0.536. The standard InChI is InChI=1S/C11H11BrN2OS/c1-2-15-8-5-3-7(4-6-8)11-14-10(13)9(12)16-11/h3-6H,2,13H2,1H3. The van der Waals surface area contributed by atoms with E-state index in [4.69, 9.17) is 10.5 Å². The number of hydrogen-bond donors (Lipinski definition) is 1. The van der Waals surface area contributed by atoms with Gasteiger partial charge in [-0.15, -0.1) is 11.3 Å². The first-order chi connectivity index (χ1) is 7.70. The van der Waals surface area contributed by atoms with Crippen LogP contribution >= 0.6 is 27.3 Å². The summed E-state index contributed by atoms with van der Waals surface area (Å²) < 4.78 is 6.25. The maximum Gasteiger partial charge on any atom is 0.149 e. The summed E-state index contributed by atoms with van der Waals surface area (Å²) in [5.41, 5.74) is 6.73. The van der Waals surface area contributed by atoms with Gasteiger partial charge in [0.25, 0.3) is 0 Å². The molecule has 3 nitrogen and oxygen atoms in total. The molecule has 0 bridgehead atoms. The minimum atomic E-state index is 0.536. The monoisotopic (exact) mass is 298 g/mol. The molecular weight excluding hydrogens is 288 g/mol. The highest BCUT2D eigenvalue weighted by molar-refractivity contribution is 9.11. The molecule has 0 aliphatic rings. The van der Waals surface area contributed by atoms with Crippen LogP contribution in [0, 0.1) is 0 Å². The van der Waals surface area contributed by atoms with Gasteiger partial charge in [-0.05, 0) is 47.1 Å². The van der Waals surface area contributed by atoms with Gasteiger partial charge in [0, 0.05) is 5.56 Å². The number of nitrogen functional groups attached to an aromatic ring is 1. The van der Waals surface area contributed by atoms with Crippen molar-refractivity contribution >= 4 is 33.1 Å². The van der Waals surface area contributed by atoms with Crippen LogP contribution in [0.15, 0.2) is 28.1 Å². The van der Waals surface area contributed by atoms with E-state index in [2.05, 4.69) is 20.9 Å². The molecule has 0 amide bonds.